The zero-order chi connectivity index (χ0) is 21.3. The van der Waals surface area contributed by atoms with Crippen molar-refractivity contribution in [3.63, 3.8) is 0 Å². The predicted octanol–water partition coefficient (Wildman–Crippen LogP) is 4.96. The van der Waals surface area contributed by atoms with E-state index in [2.05, 4.69) is 0 Å². The summed E-state index contributed by atoms with van der Waals surface area (Å²) in [7, 11) is 0. The molecule has 0 radical (unpaired) electrons. The number of carbonyl (C=O) groups excluding carboxylic acids is 1. The van der Waals surface area contributed by atoms with Gasteiger partial charge in [0.25, 0.3) is 5.91 Å². The molecule has 7 heteroatoms. The topological polar surface area (TPSA) is 55.6 Å². The maximum Gasteiger partial charge on any atom is 0.257 e. The molecule has 2 N–H and O–H groups in total. The fourth-order valence-corrected chi connectivity index (χ4v) is 3.03. The van der Waals surface area contributed by atoms with Gasteiger partial charge >= 0.3 is 0 Å². The van der Waals surface area contributed by atoms with E-state index >= 15 is 0 Å². The molecule has 31 heavy (non-hydrogen) atoms. The minimum atomic E-state index is -0.321. The molecule has 3 aromatic carbocycles. The van der Waals surface area contributed by atoms with Crippen molar-refractivity contribution >= 4 is 18.3 Å². The minimum absolute atomic E-state index is 0. The van der Waals surface area contributed by atoms with Gasteiger partial charge in [-0.05, 0) is 60.5 Å². The maximum absolute atomic E-state index is 13.3. The minimum Gasteiger partial charge on any atom is -0.488 e. The van der Waals surface area contributed by atoms with E-state index < -0.39 is 0 Å². The van der Waals surface area contributed by atoms with E-state index in [4.69, 9.17) is 10.5 Å². The van der Waals surface area contributed by atoms with Gasteiger partial charge < -0.3 is 15.4 Å². The van der Waals surface area contributed by atoms with Gasteiger partial charge in [-0.2, -0.15) is 0 Å². The zero-order valence-electron chi connectivity index (χ0n) is 17.0. The molecule has 0 saturated carbocycles. The van der Waals surface area contributed by atoms with Gasteiger partial charge in [-0.25, -0.2) is 8.78 Å². The summed E-state index contributed by atoms with van der Waals surface area (Å²) in [4.78, 5) is 15.0. The third-order valence-corrected chi connectivity index (χ3v) is 4.63. The lowest BCUT2D eigenvalue weighted by Crippen LogP contribution is -2.32. The second kappa shape index (κ2) is 12.0. The number of carbonyl (C=O) groups is 1. The van der Waals surface area contributed by atoms with Crippen molar-refractivity contribution < 1.29 is 18.3 Å². The van der Waals surface area contributed by atoms with Crippen LogP contribution in [0.1, 0.15) is 27.9 Å². The lowest BCUT2D eigenvalue weighted by molar-refractivity contribution is 0.0737. The molecule has 0 bridgehead atoms. The van der Waals surface area contributed by atoms with Gasteiger partial charge in [0.15, 0.2) is 0 Å². The summed E-state index contributed by atoms with van der Waals surface area (Å²) >= 11 is 0. The highest BCUT2D eigenvalue weighted by Crippen LogP contribution is 2.22. The van der Waals surface area contributed by atoms with Gasteiger partial charge in [0.1, 0.15) is 24.0 Å². The number of nitrogens with two attached hydrogens (primary N) is 1. The number of para-hydroxylation sites is 1. The molecule has 3 aromatic rings. The molecule has 0 aliphatic rings. The van der Waals surface area contributed by atoms with E-state index in [-0.39, 0.29) is 36.6 Å². The quantitative estimate of drug-likeness (QED) is 0.505. The van der Waals surface area contributed by atoms with E-state index in [1.165, 1.54) is 24.3 Å². The molecule has 0 aliphatic carbocycles. The first-order valence-electron chi connectivity index (χ1n) is 9.77. The Kier molecular flexibility index (Phi) is 9.43. The van der Waals surface area contributed by atoms with Crippen LogP contribution in [0.25, 0.3) is 0 Å². The first-order chi connectivity index (χ1) is 14.6. The molecule has 4 nitrogen and oxygen atoms in total. The normalized spacial score (nSPS) is 10.3. The van der Waals surface area contributed by atoms with Gasteiger partial charge in [0, 0.05) is 13.1 Å². The number of nitrogens with zero attached hydrogens (tertiary/aromatic N) is 1. The standard InChI is InChI=1S/C24H24F2N2O2.ClH/c25-20-10-6-18(7-11-20)16-28(15-3-14-27)24(29)22-4-1-2-5-23(22)30-17-19-8-12-21(26)13-9-19;/h1-2,4-13H,3,14-17,27H2;1H. The Morgan fingerprint density at radius 3 is 2.06 bits per heavy atom. The van der Waals surface area contributed by atoms with E-state index in [0.29, 0.717) is 37.4 Å². The van der Waals surface area contributed by atoms with Crippen LogP contribution in [0.3, 0.4) is 0 Å². The summed E-state index contributed by atoms with van der Waals surface area (Å²) in [6.45, 7) is 1.48. The number of halogens is 3. The second-order valence-electron chi connectivity index (χ2n) is 6.91. The molecule has 1 amide bonds. The Bertz CT molecular complexity index is 966. The van der Waals surface area contributed by atoms with Crippen molar-refractivity contribution in [3.8, 4) is 5.75 Å². The summed E-state index contributed by atoms with van der Waals surface area (Å²) < 4.78 is 32.2. The second-order valence-corrected chi connectivity index (χ2v) is 6.91. The number of rotatable bonds is 9. The van der Waals surface area contributed by atoms with Crippen LogP contribution in [0.5, 0.6) is 5.75 Å². The Labute approximate surface area is 187 Å². The predicted molar refractivity (Wildman–Crippen MR) is 119 cm³/mol. The average molecular weight is 447 g/mol. The van der Waals surface area contributed by atoms with Gasteiger partial charge in [0.2, 0.25) is 0 Å². The highest BCUT2D eigenvalue weighted by atomic mass is 35.5. The van der Waals surface area contributed by atoms with Crippen LogP contribution >= 0.6 is 12.4 Å². The molecular weight excluding hydrogens is 422 g/mol. The summed E-state index contributed by atoms with van der Waals surface area (Å²) in [5, 5.41) is 0. The zero-order valence-corrected chi connectivity index (χ0v) is 17.8. The molecule has 0 aromatic heterocycles. The summed E-state index contributed by atoms with van der Waals surface area (Å²) in [5.74, 6) is -0.380. The molecule has 3 rings (SSSR count). The molecule has 0 saturated heterocycles. The average Bonchev–Trinajstić information content (AvgIpc) is 2.77. The Balaban J connectivity index is 0.00000341. The van der Waals surface area contributed by atoms with Crippen LogP contribution < -0.4 is 10.5 Å². The van der Waals surface area contributed by atoms with E-state index in [1.807, 2.05) is 0 Å². The maximum atomic E-state index is 13.3. The summed E-state index contributed by atoms with van der Waals surface area (Å²) in [6.07, 6.45) is 0.644. The Morgan fingerprint density at radius 1 is 0.871 bits per heavy atom. The molecule has 0 spiro atoms. The molecular formula is C24H25ClF2N2O2. The lowest BCUT2D eigenvalue weighted by atomic mass is 10.1. The van der Waals surface area contributed by atoms with E-state index in [1.54, 1.807) is 53.4 Å². The van der Waals surface area contributed by atoms with Crippen LogP contribution in [0.4, 0.5) is 8.78 Å². The largest absolute Gasteiger partial charge is 0.488 e. The third-order valence-electron chi connectivity index (χ3n) is 4.63. The van der Waals surface area contributed by atoms with Gasteiger partial charge in [-0.1, -0.05) is 36.4 Å². The van der Waals surface area contributed by atoms with Crippen LogP contribution in [-0.2, 0) is 13.2 Å². The first-order valence-corrected chi connectivity index (χ1v) is 9.77. The monoisotopic (exact) mass is 446 g/mol. The van der Waals surface area contributed by atoms with Crippen LogP contribution in [-0.4, -0.2) is 23.9 Å². The van der Waals surface area contributed by atoms with Gasteiger partial charge in [0.05, 0.1) is 5.56 Å². The third kappa shape index (κ3) is 7.05. The molecule has 0 heterocycles. The summed E-state index contributed by atoms with van der Waals surface area (Å²) in [5.41, 5.74) is 7.69. The van der Waals surface area contributed by atoms with Crippen molar-refractivity contribution in [2.24, 2.45) is 5.73 Å². The highest BCUT2D eigenvalue weighted by Gasteiger charge is 2.20. The van der Waals surface area contributed by atoms with Crippen LogP contribution in [0.15, 0.2) is 72.8 Å². The first kappa shape index (κ1) is 24.3. The lowest BCUT2D eigenvalue weighted by Gasteiger charge is -2.24. The number of ether oxygens (including phenoxy) is 1. The van der Waals surface area contributed by atoms with Crippen molar-refractivity contribution in [1.82, 2.24) is 4.90 Å². The van der Waals surface area contributed by atoms with Crippen LogP contribution in [0, 0.1) is 11.6 Å². The van der Waals surface area contributed by atoms with Gasteiger partial charge in [-0.3, -0.25) is 4.79 Å². The molecule has 0 aliphatic heterocycles. The van der Waals surface area contributed by atoms with Crippen molar-refractivity contribution in [2.45, 2.75) is 19.6 Å². The van der Waals surface area contributed by atoms with Crippen LogP contribution in [0.2, 0.25) is 0 Å². The summed E-state index contributed by atoms with van der Waals surface area (Å²) in [6, 6.07) is 19.1. The Hall–Kier alpha value is -2.96. The molecule has 0 unspecified atom stereocenters. The smallest absolute Gasteiger partial charge is 0.257 e. The Morgan fingerprint density at radius 2 is 1.45 bits per heavy atom. The SMILES string of the molecule is Cl.NCCCN(Cc1ccc(F)cc1)C(=O)c1ccccc1OCc1ccc(F)cc1. The number of benzene rings is 3. The number of hydrogen-bond donors (Lipinski definition) is 1. The highest BCUT2D eigenvalue weighted by molar-refractivity contribution is 5.96. The fourth-order valence-electron chi connectivity index (χ4n) is 3.03. The molecule has 0 fully saturated rings. The van der Waals surface area contributed by atoms with Crippen molar-refractivity contribution in [3.05, 3.63) is 101 Å². The van der Waals surface area contributed by atoms with Gasteiger partial charge in [-0.15, -0.1) is 12.4 Å². The molecule has 164 valence electrons. The van der Waals surface area contributed by atoms with Crippen molar-refractivity contribution in [1.29, 1.82) is 0 Å². The van der Waals surface area contributed by atoms with E-state index in [0.717, 1.165) is 11.1 Å². The number of hydrogen-bond acceptors (Lipinski definition) is 3. The fraction of sp³-hybridized carbons (Fsp3) is 0.208. The molecule has 0 atom stereocenters. The number of amides is 1. The van der Waals surface area contributed by atoms with E-state index in [9.17, 15) is 13.6 Å². The van der Waals surface area contributed by atoms with Crippen molar-refractivity contribution in [2.75, 3.05) is 13.1 Å².